The molecule has 134 valence electrons. The van der Waals surface area contributed by atoms with Gasteiger partial charge in [-0.15, -0.1) is 0 Å². The van der Waals surface area contributed by atoms with Gasteiger partial charge in [0.25, 0.3) is 0 Å². The fraction of sp³-hybridized carbons (Fsp3) is 0.474. The molecule has 0 radical (unpaired) electrons. The van der Waals surface area contributed by atoms with E-state index in [2.05, 4.69) is 4.98 Å². The van der Waals surface area contributed by atoms with Gasteiger partial charge in [-0.2, -0.15) is 0 Å². The van der Waals surface area contributed by atoms with Crippen molar-refractivity contribution in [1.29, 1.82) is 0 Å². The van der Waals surface area contributed by atoms with Crippen molar-refractivity contribution >= 4 is 5.91 Å². The van der Waals surface area contributed by atoms with E-state index in [4.69, 9.17) is 9.15 Å². The van der Waals surface area contributed by atoms with Crippen LogP contribution in [0.5, 0.6) is 5.75 Å². The molecule has 1 aliphatic rings. The number of hydrogen-bond donors (Lipinski definition) is 1. The first-order chi connectivity index (χ1) is 12.1. The first kappa shape index (κ1) is 17.5. The summed E-state index contributed by atoms with van der Waals surface area (Å²) in [5, 5.41) is 9.92. The van der Waals surface area contributed by atoms with Gasteiger partial charge in [-0.3, -0.25) is 4.79 Å². The molecule has 1 aromatic heterocycles. The lowest BCUT2D eigenvalue weighted by molar-refractivity contribution is -0.135. The van der Waals surface area contributed by atoms with Crippen molar-refractivity contribution in [2.45, 2.75) is 32.3 Å². The molecule has 3 rings (SSSR count). The molecule has 0 spiro atoms. The van der Waals surface area contributed by atoms with Gasteiger partial charge >= 0.3 is 0 Å². The Hall–Kier alpha value is -2.34. The Balaban J connectivity index is 1.55. The molecule has 1 saturated heterocycles. The topological polar surface area (TPSA) is 75.8 Å². The van der Waals surface area contributed by atoms with Crippen LogP contribution in [0, 0.1) is 5.92 Å². The number of benzene rings is 1. The van der Waals surface area contributed by atoms with E-state index >= 15 is 0 Å². The van der Waals surface area contributed by atoms with Crippen LogP contribution in [0.15, 0.2) is 34.9 Å². The number of piperidine rings is 1. The number of nitrogens with zero attached hydrogens (tertiary/aromatic N) is 2. The van der Waals surface area contributed by atoms with Gasteiger partial charge < -0.3 is 19.2 Å². The molecule has 6 nitrogen and oxygen atoms in total. The maximum Gasteiger partial charge on any atom is 0.223 e. The number of carbonyl (C=O) groups is 1. The Bertz CT molecular complexity index is 710. The molecule has 0 aliphatic carbocycles. The number of aliphatic hydroxyl groups excluding tert-OH is 1. The van der Waals surface area contributed by atoms with Crippen molar-refractivity contribution in [3.8, 4) is 17.1 Å². The van der Waals surface area contributed by atoms with Crippen LogP contribution in [-0.2, 0) is 11.2 Å². The predicted molar refractivity (Wildman–Crippen MR) is 93.2 cm³/mol. The summed E-state index contributed by atoms with van der Waals surface area (Å²) in [4.78, 5) is 18.3. The van der Waals surface area contributed by atoms with Gasteiger partial charge in [0.1, 0.15) is 5.75 Å². The molecule has 2 unspecified atom stereocenters. The maximum absolute atomic E-state index is 12.3. The second-order valence-corrected chi connectivity index (χ2v) is 6.52. The predicted octanol–water partition coefficient (Wildman–Crippen LogP) is 2.51. The summed E-state index contributed by atoms with van der Waals surface area (Å²) in [7, 11) is 1.63. The molecular weight excluding hydrogens is 320 g/mol. The summed E-state index contributed by atoms with van der Waals surface area (Å²) in [6.07, 6.45) is 2.88. The fourth-order valence-electron chi connectivity index (χ4n) is 2.96. The Labute approximate surface area is 147 Å². The van der Waals surface area contributed by atoms with Crippen molar-refractivity contribution < 1.29 is 19.1 Å². The van der Waals surface area contributed by atoms with Crippen LogP contribution in [0.3, 0.4) is 0 Å². The molecule has 1 amide bonds. The minimum absolute atomic E-state index is 0.0372. The highest BCUT2D eigenvalue weighted by molar-refractivity contribution is 5.76. The van der Waals surface area contributed by atoms with E-state index in [1.54, 1.807) is 18.2 Å². The van der Waals surface area contributed by atoms with Crippen molar-refractivity contribution in [2.75, 3.05) is 20.2 Å². The molecule has 1 fully saturated rings. The van der Waals surface area contributed by atoms with Gasteiger partial charge in [0.05, 0.1) is 19.4 Å². The molecule has 1 aliphatic heterocycles. The van der Waals surface area contributed by atoms with Crippen LogP contribution < -0.4 is 4.74 Å². The lowest BCUT2D eigenvalue weighted by atomic mass is 9.96. The minimum Gasteiger partial charge on any atom is -0.497 e. The van der Waals surface area contributed by atoms with Crippen LogP contribution in [0.25, 0.3) is 11.3 Å². The Morgan fingerprint density at radius 3 is 2.84 bits per heavy atom. The van der Waals surface area contributed by atoms with Gasteiger partial charge in [-0.05, 0) is 36.6 Å². The summed E-state index contributed by atoms with van der Waals surface area (Å²) in [6, 6.07) is 7.54. The van der Waals surface area contributed by atoms with E-state index in [-0.39, 0.29) is 11.8 Å². The molecule has 1 N–H and O–H groups in total. The number of carbonyl (C=O) groups excluding carboxylic acids is 1. The van der Waals surface area contributed by atoms with Gasteiger partial charge in [-0.1, -0.05) is 6.92 Å². The van der Waals surface area contributed by atoms with Crippen molar-refractivity contribution in [3.63, 3.8) is 0 Å². The zero-order valence-corrected chi connectivity index (χ0v) is 14.6. The molecular formula is C19H24N2O4. The Kier molecular flexibility index (Phi) is 5.38. The first-order valence-corrected chi connectivity index (χ1v) is 8.62. The second-order valence-electron chi connectivity index (χ2n) is 6.52. The number of rotatable bonds is 5. The average molecular weight is 344 g/mol. The maximum atomic E-state index is 12.3. The van der Waals surface area contributed by atoms with Crippen LogP contribution in [-0.4, -0.2) is 47.2 Å². The highest BCUT2D eigenvalue weighted by Gasteiger charge is 2.27. The quantitative estimate of drug-likeness (QED) is 0.902. The third-order valence-electron chi connectivity index (χ3n) is 4.75. The monoisotopic (exact) mass is 344 g/mol. The SMILES string of the molecule is COc1ccc(-c2cnc(CCC(=O)N3CCC(C)C(O)C3)o2)cc1. The second kappa shape index (κ2) is 7.70. The van der Waals surface area contributed by atoms with E-state index in [1.165, 1.54) is 0 Å². The minimum atomic E-state index is -0.430. The van der Waals surface area contributed by atoms with E-state index in [0.717, 1.165) is 17.7 Å². The number of oxazole rings is 1. The highest BCUT2D eigenvalue weighted by atomic mass is 16.5. The first-order valence-electron chi connectivity index (χ1n) is 8.62. The molecule has 2 atom stereocenters. The summed E-state index contributed by atoms with van der Waals surface area (Å²) < 4.78 is 10.9. The molecule has 2 heterocycles. The largest absolute Gasteiger partial charge is 0.497 e. The fourth-order valence-corrected chi connectivity index (χ4v) is 2.96. The third kappa shape index (κ3) is 4.20. The van der Waals surface area contributed by atoms with E-state index < -0.39 is 6.10 Å². The Morgan fingerprint density at radius 1 is 1.40 bits per heavy atom. The van der Waals surface area contributed by atoms with E-state index in [0.29, 0.717) is 37.6 Å². The number of aromatic nitrogens is 1. The zero-order valence-electron chi connectivity index (χ0n) is 14.6. The number of likely N-dealkylation sites (tertiary alicyclic amines) is 1. The van der Waals surface area contributed by atoms with Crippen LogP contribution in [0.2, 0.25) is 0 Å². The lowest BCUT2D eigenvalue weighted by Crippen LogP contribution is -2.45. The number of amides is 1. The summed E-state index contributed by atoms with van der Waals surface area (Å²) in [6.45, 7) is 3.14. The van der Waals surface area contributed by atoms with Gasteiger partial charge in [0.15, 0.2) is 11.7 Å². The number of ether oxygens (including phenoxy) is 1. The van der Waals surface area contributed by atoms with Crippen molar-refractivity contribution in [3.05, 3.63) is 36.4 Å². The van der Waals surface area contributed by atoms with Gasteiger partial charge in [0.2, 0.25) is 5.91 Å². The molecule has 0 saturated carbocycles. The number of aryl methyl sites for hydroxylation is 1. The summed E-state index contributed by atoms with van der Waals surface area (Å²) >= 11 is 0. The van der Waals surface area contributed by atoms with Crippen LogP contribution >= 0.6 is 0 Å². The number of aliphatic hydroxyl groups is 1. The number of methoxy groups -OCH3 is 1. The molecule has 6 heteroatoms. The Morgan fingerprint density at radius 2 is 2.16 bits per heavy atom. The molecule has 1 aromatic carbocycles. The van der Waals surface area contributed by atoms with Crippen molar-refractivity contribution in [2.24, 2.45) is 5.92 Å². The smallest absolute Gasteiger partial charge is 0.223 e. The molecule has 0 bridgehead atoms. The lowest BCUT2D eigenvalue weighted by Gasteiger charge is -2.34. The zero-order chi connectivity index (χ0) is 17.8. The van der Waals surface area contributed by atoms with Crippen LogP contribution in [0.4, 0.5) is 0 Å². The highest BCUT2D eigenvalue weighted by Crippen LogP contribution is 2.24. The molecule has 25 heavy (non-hydrogen) atoms. The van der Waals surface area contributed by atoms with E-state index in [1.807, 2.05) is 31.2 Å². The normalized spacial score (nSPS) is 20.5. The van der Waals surface area contributed by atoms with Crippen molar-refractivity contribution in [1.82, 2.24) is 9.88 Å². The summed E-state index contributed by atoms with van der Waals surface area (Å²) in [5.74, 6) is 2.29. The number of β-amino-alcohol motifs (C(OH)–C–C–N with tert-alkyl or cyclic N) is 1. The number of hydrogen-bond acceptors (Lipinski definition) is 5. The molecule has 2 aromatic rings. The standard InChI is InChI=1S/C19H24N2O4/c1-13-9-10-21(12-16(13)22)19(23)8-7-18-20-11-17(25-18)14-3-5-15(24-2)6-4-14/h3-6,11,13,16,22H,7-10,12H2,1-2H3. The third-order valence-corrected chi connectivity index (χ3v) is 4.75. The van der Waals surface area contributed by atoms with Gasteiger partial charge in [-0.25, -0.2) is 4.98 Å². The summed E-state index contributed by atoms with van der Waals surface area (Å²) in [5.41, 5.74) is 0.916. The van der Waals surface area contributed by atoms with Crippen LogP contribution in [0.1, 0.15) is 25.7 Å². The van der Waals surface area contributed by atoms with E-state index in [9.17, 15) is 9.90 Å². The average Bonchev–Trinajstić information content (AvgIpc) is 3.11. The van der Waals surface area contributed by atoms with Gasteiger partial charge in [0, 0.05) is 31.5 Å².